The Hall–Kier alpha value is -0.770. The van der Waals surface area contributed by atoms with E-state index in [1.165, 1.54) is 0 Å². The molecule has 4 heteroatoms. The third-order valence-electron chi connectivity index (χ3n) is 3.04. The van der Waals surface area contributed by atoms with E-state index in [1.807, 2.05) is 6.92 Å². The lowest BCUT2D eigenvalue weighted by atomic mass is 9.93. The van der Waals surface area contributed by atoms with E-state index in [1.54, 1.807) is 0 Å². The van der Waals surface area contributed by atoms with Crippen LogP contribution in [0.3, 0.4) is 0 Å². The highest BCUT2D eigenvalue weighted by Gasteiger charge is 2.33. The van der Waals surface area contributed by atoms with Crippen molar-refractivity contribution in [3.8, 4) is 0 Å². The normalized spacial score (nSPS) is 19.4. The molecule has 0 saturated carbocycles. The molecule has 1 rings (SSSR count). The first kappa shape index (κ1) is 13.3. The van der Waals surface area contributed by atoms with Crippen molar-refractivity contribution in [2.45, 2.75) is 33.6 Å². The molecule has 0 aromatic heterocycles. The molecule has 94 valence electrons. The molecule has 0 amide bonds. The molecular weight excluding hydrogens is 208 g/mol. The third-order valence-corrected chi connectivity index (χ3v) is 3.04. The van der Waals surface area contributed by atoms with Gasteiger partial charge in [0.15, 0.2) is 0 Å². The maximum atomic E-state index is 10.7. The van der Waals surface area contributed by atoms with E-state index < -0.39 is 6.16 Å². The van der Waals surface area contributed by atoms with Gasteiger partial charge in [-0.25, -0.2) is 4.79 Å². The van der Waals surface area contributed by atoms with Gasteiger partial charge in [0.1, 0.15) is 13.2 Å². The largest absolute Gasteiger partial charge is 0.508 e. The van der Waals surface area contributed by atoms with Gasteiger partial charge in [-0.1, -0.05) is 33.6 Å². The highest BCUT2D eigenvalue weighted by Crippen LogP contribution is 2.23. The summed E-state index contributed by atoms with van der Waals surface area (Å²) >= 11 is 0. The minimum atomic E-state index is -0.572. The van der Waals surface area contributed by atoms with Crippen molar-refractivity contribution in [1.29, 1.82) is 0 Å². The van der Waals surface area contributed by atoms with Crippen LogP contribution in [0, 0.1) is 11.3 Å². The average Bonchev–Trinajstić information content (AvgIpc) is 2.29. The molecule has 4 nitrogen and oxygen atoms in total. The van der Waals surface area contributed by atoms with Gasteiger partial charge in [-0.05, 0) is 5.92 Å². The Balaban J connectivity index is 2.23. The molecule has 0 radical (unpaired) electrons. The fraction of sp³-hybridized carbons (Fsp3) is 0.917. The van der Waals surface area contributed by atoms with Crippen LogP contribution in [0.15, 0.2) is 0 Å². The van der Waals surface area contributed by atoms with E-state index in [2.05, 4.69) is 13.8 Å². The Morgan fingerprint density at radius 1 is 1.31 bits per heavy atom. The van der Waals surface area contributed by atoms with Crippen LogP contribution >= 0.6 is 0 Å². The second-order valence-electron chi connectivity index (χ2n) is 4.84. The minimum absolute atomic E-state index is 0.195. The first-order chi connectivity index (χ1) is 7.59. The number of ether oxygens (including phenoxy) is 3. The van der Waals surface area contributed by atoms with E-state index in [9.17, 15) is 4.79 Å². The molecule has 1 aliphatic heterocycles. The highest BCUT2D eigenvalue weighted by molar-refractivity contribution is 5.60. The maximum absolute atomic E-state index is 10.7. The number of hydrogen-bond acceptors (Lipinski definition) is 4. The molecule has 1 fully saturated rings. The average molecular weight is 230 g/mol. The van der Waals surface area contributed by atoms with Gasteiger partial charge in [0.2, 0.25) is 0 Å². The molecule has 16 heavy (non-hydrogen) atoms. The summed E-state index contributed by atoms with van der Waals surface area (Å²) in [6.07, 6.45) is 1.70. The Bertz CT molecular complexity index is 213. The lowest BCUT2D eigenvalue weighted by molar-refractivity contribution is -0.0886. The van der Waals surface area contributed by atoms with Gasteiger partial charge >= 0.3 is 6.16 Å². The van der Waals surface area contributed by atoms with Crippen LogP contribution in [0.1, 0.15) is 33.6 Å². The second kappa shape index (κ2) is 6.09. The summed E-state index contributed by atoms with van der Waals surface area (Å²) < 4.78 is 15.4. The van der Waals surface area contributed by atoms with Gasteiger partial charge in [-0.3, -0.25) is 0 Å². The molecule has 0 aromatic rings. The Kier molecular flexibility index (Phi) is 5.06. The molecule has 0 bridgehead atoms. The molecular formula is C12H22O4. The monoisotopic (exact) mass is 230 g/mol. The van der Waals surface area contributed by atoms with Crippen molar-refractivity contribution in [1.82, 2.24) is 0 Å². The molecule has 0 aromatic carbocycles. The molecule has 1 aliphatic rings. The van der Waals surface area contributed by atoms with Crippen LogP contribution in [0.25, 0.3) is 0 Å². The van der Waals surface area contributed by atoms with Crippen LogP contribution in [0.5, 0.6) is 0 Å². The first-order valence-corrected chi connectivity index (χ1v) is 5.97. The predicted octanol–water partition coefficient (Wildman–Crippen LogP) is 2.61. The van der Waals surface area contributed by atoms with Crippen molar-refractivity contribution in [3.05, 3.63) is 0 Å². The first-order valence-electron chi connectivity index (χ1n) is 5.97. The molecule has 0 atom stereocenters. The molecule has 0 N–H and O–H groups in total. The molecule has 0 spiro atoms. The molecule has 0 unspecified atom stereocenters. The van der Waals surface area contributed by atoms with E-state index in [4.69, 9.17) is 14.2 Å². The van der Waals surface area contributed by atoms with Crippen LogP contribution in [0.4, 0.5) is 4.79 Å². The smallest absolute Gasteiger partial charge is 0.433 e. The fourth-order valence-electron chi connectivity index (χ4n) is 1.63. The Morgan fingerprint density at radius 3 is 2.38 bits per heavy atom. The lowest BCUT2D eigenvalue weighted by Gasteiger charge is -2.32. The number of rotatable bonds is 6. The molecule has 0 aliphatic carbocycles. The van der Waals surface area contributed by atoms with E-state index in [0.717, 1.165) is 19.4 Å². The van der Waals surface area contributed by atoms with Gasteiger partial charge in [0.25, 0.3) is 0 Å². The summed E-state index contributed by atoms with van der Waals surface area (Å²) in [6, 6.07) is 0. The zero-order chi connectivity index (χ0) is 12.0. The van der Waals surface area contributed by atoms with Crippen LogP contribution in [-0.2, 0) is 14.2 Å². The van der Waals surface area contributed by atoms with Gasteiger partial charge in [-0.2, -0.15) is 0 Å². The number of cyclic esters (lactones) is 2. The fourth-order valence-corrected chi connectivity index (χ4v) is 1.63. The van der Waals surface area contributed by atoms with Crippen LogP contribution < -0.4 is 0 Å². The quantitative estimate of drug-likeness (QED) is 0.658. The summed E-state index contributed by atoms with van der Waals surface area (Å²) in [5.41, 5.74) is -0.195. The van der Waals surface area contributed by atoms with Crippen LogP contribution in [-0.4, -0.2) is 32.6 Å². The second-order valence-corrected chi connectivity index (χ2v) is 4.84. The predicted molar refractivity (Wildman–Crippen MR) is 60.3 cm³/mol. The highest BCUT2D eigenvalue weighted by atomic mass is 16.7. The molecule has 1 saturated heterocycles. The zero-order valence-corrected chi connectivity index (χ0v) is 10.5. The van der Waals surface area contributed by atoms with Crippen LogP contribution in [0.2, 0.25) is 0 Å². The number of carbonyl (C=O) groups excluding carboxylic acids is 1. The van der Waals surface area contributed by atoms with Crippen molar-refractivity contribution in [3.63, 3.8) is 0 Å². The van der Waals surface area contributed by atoms with Gasteiger partial charge in [0.05, 0.1) is 12.0 Å². The van der Waals surface area contributed by atoms with Crippen molar-refractivity contribution < 1.29 is 19.0 Å². The lowest BCUT2D eigenvalue weighted by Crippen LogP contribution is -2.40. The van der Waals surface area contributed by atoms with E-state index in [-0.39, 0.29) is 5.41 Å². The molecule has 1 heterocycles. The third kappa shape index (κ3) is 4.00. The van der Waals surface area contributed by atoms with Crippen molar-refractivity contribution >= 4 is 6.16 Å². The van der Waals surface area contributed by atoms with Gasteiger partial charge in [0, 0.05) is 6.61 Å². The van der Waals surface area contributed by atoms with Gasteiger partial charge < -0.3 is 14.2 Å². The summed E-state index contributed by atoms with van der Waals surface area (Å²) in [7, 11) is 0. The van der Waals surface area contributed by atoms with Crippen molar-refractivity contribution in [2.75, 3.05) is 26.4 Å². The number of hydrogen-bond donors (Lipinski definition) is 0. The SMILES string of the molecule is CCC(CC)COCC1(C)COC(=O)OC1. The summed E-state index contributed by atoms with van der Waals surface area (Å²) in [4.78, 5) is 10.7. The topological polar surface area (TPSA) is 44.8 Å². The van der Waals surface area contributed by atoms with E-state index >= 15 is 0 Å². The zero-order valence-electron chi connectivity index (χ0n) is 10.5. The Labute approximate surface area is 97.2 Å². The van der Waals surface area contributed by atoms with Gasteiger partial charge in [-0.15, -0.1) is 0 Å². The summed E-state index contributed by atoms with van der Waals surface area (Å²) in [5, 5.41) is 0. The van der Waals surface area contributed by atoms with Crippen molar-refractivity contribution in [2.24, 2.45) is 11.3 Å². The summed E-state index contributed by atoms with van der Waals surface area (Å²) in [5.74, 6) is 0.621. The standard InChI is InChI=1S/C12H22O4/c1-4-10(5-2)6-14-7-12(3)8-15-11(13)16-9-12/h10H,4-9H2,1-3H3. The van der Waals surface area contributed by atoms with E-state index in [0.29, 0.717) is 25.7 Å². The Morgan fingerprint density at radius 2 is 1.88 bits per heavy atom. The summed E-state index contributed by atoms with van der Waals surface area (Å²) in [6.45, 7) is 8.47. The number of carbonyl (C=O) groups is 1. The maximum Gasteiger partial charge on any atom is 0.508 e. The minimum Gasteiger partial charge on any atom is -0.433 e.